The second-order valence-corrected chi connectivity index (χ2v) is 4.26. The maximum atomic E-state index is 5.91. The number of fused-ring (bicyclic) bond motifs is 2. The van der Waals surface area contributed by atoms with Crippen LogP contribution in [0.1, 0.15) is 12.5 Å². The van der Waals surface area contributed by atoms with Crippen molar-refractivity contribution in [2.75, 3.05) is 5.73 Å². The van der Waals surface area contributed by atoms with E-state index in [4.69, 9.17) is 5.73 Å². The predicted molar refractivity (Wildman–Crippen MR) is 69.9 cm³/mol. The molecule has 86 valence electrons. The molecular formula is C13H14N4. The van der Waals surface area contributed by atoms with Gasteiger partial charge in [-0.1, -0.05) is 11.6 Å². The van der Waals surface area contributed by atoms with E-state index < -0.39 is 0 Å². The third kappa shape index (κ3) is 1.45. The molecule has 4 heteroatoms. The molecule has 0 unspecified atom stereocenters. The van der Waals surface area contributed by atoms with Gasteiger partial charge in [-0.3, -0.25) is 0 Å². The maximum Gasteiger partial charge on any atom is 0.160 e. The van der Waals surface area contributed by atoms with Gasteiger partial charge in [0.25, 0.3) is 0 Å². The Kier molecular flexibility index (Phi) is 2.04. The molecule has 2 heterocycles. The fraction of sp³-hybridized carbons (Fsp3) is 0.231. The molecule has 0 saturated heterocycles. The summed E-state index contributed by atoms with van der Waals surface area (Å²) in [5.41, 5.74) is 8.98. The molecule has 0 saturated carbocycles. The van der Waals surface area contributed by atoms with E-state index in [0.29, 0.717) is 5.82 Å². The predicted octanol–water partition coefficient (Wildman–Crippen LogP) is 2.50. The van der Waals surface area contributed by atoms with E-state index in [1.165, 1.54) is 5.56 Å². The summed E-state index contributed by atoms with van der Waals surface area (Å²) in [5.74, 6) is 0.553. The number of hydrogen-bond donors (Lipinski definition) is 1. The number of nitrogens with zero attached hydrogens (tertiary/aromatic N) is 3. The van der Waals surface area contributed by atoms with E-state index in [9.17, 15) is 0 Å². The summed E-state index contributed by atoms with van der Waals surface area (Å²) in [6.45, 7) is 4.88. The largest absolute Gasteiger partial charge is 0.382 e. The van der Waals surface area contributed by atoms with Crippen molar-refractivity contribution in [3.63, 3.8) is 0 Å². The lowest BCUT2D eigenvalue weighted by atomic mass is 10.1. The zero-order valence-electron chi connectivity index (χ0n) is 9.94. The highest BCUT2D eigenvalue weighted by atomic mass is 15.3. The molecule has 2 N–H and O–H groups in total. The van der Waals surface area contributed by atoms with Crippen LogP contribution in [0.2, 0.25) is 0 Å². The van der Waals surface area contributed by atoms with E-state index >= 15 is 0 Å². The van der Waals surface area contributed by atoms with Crippen LogP contribution in [0.5, 0.6) is 0 Å². The summed E-state index contributed by atoms with van der Waals surface area (Å²) >= 11 is 0. The maximum absolute atomic E-state index is 5.91. The van der Waals surface area contributed by atoms with Gasteiger partial charge in [-0.05, 0) is 32.0 Å². The van der Waals surface area contributed by atoms with E-state index in [2.05, 4.69) is 35.2 Å². The van der Waals surface area contributed by atoms with Gasteiger partial charge in [-0.2, -0.15) is 5.10 Å². The number of pyridine rings is 1. The summed E-state index contributed by atoms with van der Waals surface area (Å²) in [6.07, 6.45) is 0. The minimum Gasteiger partial charge on any atom is -0.382 e. The number of benzene rings is 1. The molecule has 3 rings (SSSR count). The molecule has 0 aliphatic heterocycles. The number of anilines is 1. The van der Waals surface area contributed by atoms with Gasteiger partial charge in [0, 0.05) is 11.9 Å². The number of nitrogen functional groups attached to an aromatic ring is 1. The molecule has 0 spiro atoms. The first-order chi connectivity index (χ1) is 8.19. The molecule has 0 atom stereocenters. The van der Waals surface area contributed by atoms with E-state index in [0.717, 1.165) is 28.5 Å². The van der Waals surface area contributed by atoms with Crippen LogP contribution in [0.25, 0.3) is 21.9 Å². The van der Waals surface area contributed by atoms with Gasteiger partial charge in [0.05, 0.1) is 10.9 Å². The summed E-state index contributed by atoms with van der Waals surface area (Å²) in [7, 11) is 0. The van der Waals surface area contributed by atoms with Crippen molar-refractivity contribution in [2.24, 2.45) is 0 Å². The first-order valence-electron chi connectivity index (χ1n) is 5.72. The van der Waals surface area contributed by atoms with E-state index in [-0.39, 0.29) is 0 Å². The summed E-state index contributed by atoms with van der Waals surface area (Å²) in [4.78, 5) is 4.63. The Morgan fingerprint density at radius 1 is 1.29 bits per heavy atom. The van der Waals surface area contributed by atoms with Crippen molar-refractivity contribution < 1.29 is 0 Å². The minimum atomic E-state index is 0.553. The Labute approximate surface area is 99.1 Å². The van der Waals surface area contributed by atoms with Gasteiger partial charge >= 0.3 is 0 Å². The Bertz CT molecular complexity index is 712. The van der Waals surface area contributed by atoms with Crippen LogP contribution in [-0.4, -0.2) is 14.8 Å². The van der Waals surface area contributed by atoms with Crippen LogP contribution in [0.15, 0.2) is 24.3 Å². The number of nitrogens with two attached hydrogens (primary N) is 1. The molecular weight excluding hydrogens is 212 g/mol. The fourth-order valence-electron chi connectivity index (χ4n) is 2.12. The lowest BCUT2D eigenvalue weighted by Gasteiger charge is -2.01. The minimum absolute atomic E-state index is 0.553. The fourth-order valence-corrected chi connectivity index (χ4v) is 2.12. The van der Waals surface area contributed by atoms with Crippen molar-refractivity contribution in [1.29, 1.82) is 0 Å². The lowest BCUT2D eigenvalue weighted by Crippen LogP contribution is -1.98. The van der Waals surface area contributed by atoms with Gasteiger partial charge in [-0.25, -0.2) is 9.67 Å². The first-order valence-corrected chi connectivity index (χ1v) is 5.72. The second-order valence-electron chi connectivity index (χ2n) is 4.26. The average Bonchev–Trinajstić information content (AvgIpc) is 2.63. The third-order valence-corrected chi connectivity index (χ3v) is 3.00. The molecule has 1 aromatic carbocycles. The monoisotopic (exact) mass is 226 g/mol. The zero-order valence-corrected chi connectivity index (χ0v) is 9.94. The molecule has 0 amide bonds. The third-order valence-electron chi connectivity index (χ3n) is 3.00. The van der Waals surface area contributed by atoms with Gasteiger partial charge in [-0.15, -0.1) is 0 Å². The first kappa shape index (κ1) is 10.1. The average molecular weight is 226 g/mol. The van der Waals surface area contributed by atoms with Crippen molar-refractivity contribution in [1.82, 2.24) is 14.8 Å². The van der Waals surface area contributed by atoms with Gasteiger partial charge in [0.2, 0.25) is 0 Å². The molecule has 0 radical (unpaired) electrons. The molecule has 0 aliphatic carbocycles. The highest BCUT2D eigenvalue weighted by molar-refractivity contribution is 5.96. The molecule has 17 heavy (non-hydrogen) atoms. The Morgan fingerprint density at radius 3 is 2.88 bits per heavy atom. The molecule has 0 aliphatic rings. The van der Waals surface area contributed by atoms with Crippen LogP contribution >= 0.6 is 0 Å². The Balaban J connectivity index is 2.45. The van der Waals surface area contributed by atoms with Crippen LogP contribution in [0.3, 0.4) is 0 Å². The summed E-state index contributed by atoms with van der Waals surface area (Å²) in [5, 5.41) is 6.33. The van der Waals surface area contributed by atoms with Crippen molar-refractivity contribution in [2.45, 2.75) is 20.4 Å². The highest BCUT2D eigenvalue weighted by Crippen LogP contribution is 2.24. The smallest absolute Gasteiger partial charge is 0.160 e. The standard InChI is InChI=1S/C13H14N4/c1-3-17-13-10(12(14)16-17)7-9-6-8(2)4-5-11(9)15-13/h4-7H,3H2,1-2H3,(H2,14,16). The molecule has 0 bridgehead atoms. The van der Waals surface area contributed by atoms with E-state index in [1.54, 1.807) is 0 Å². The Morgan fingerprint density at radius 2 is 2.12 bits per heavy atom. The molecule has 0 fully saturated rings. The Hall–Kier alpha value is -2.10. The van der Waals surface area contributed by atoms with Crippen molar-refractivity contribution >= 4 is 27.8 Å². The van der Waals surface area contributed by atoms with Crippen molar-refractivity contribution in [3.8, 4) is 0 Å². The number of rotatable bonds is 1. The van der Waals surface area contributed by atoms with Crippen LogP contribution in [0.4, 0.5) is 5.82 Å². The molecule has 3 aromatic rings. The SMILES string of the molecule is CCn1nc(N)c2cc3cc(C)ccc3nc21. The summed E-state index contributed by atoms with van der Waals surface area (Å²) < 4.78 is 1.84. The molecule has 2 aromatic heterocycles. The zero-order chi connectivity index (χ0) is 12.0. The highest BCUT2D eigenvalue weighted by Gasteiger charge is 2.09. The summed E-state index contributed by atoms with van der Waals surface area (Å²) in [6, 6.07) is 8.29. The number of hydrogen-bond acceptors (Lipinski definition) is 3. The van der Waals surface area contributed by atoms with Crippen LogP contribution in [0, 0.1) is 6.92 Å². The molecule has 4 nitrogen and oxygen atoms in total. The normalized spacial score (nSPS) is 11.4. The quantitative estimate of drug-likeness (QED) is 0.693. The van der Waals surface area contributed by atoms with Crippen LogP contribution < -0.4 is 5.73 Å². The van der Waals surface area contributed by atoms with Gasteiger partial charge in [0.15, 0.2) is 11.5 Å². The van der Waals surface area contributed by atoms with Gasteiger partial charge < -0.3 is 5.73 Å². The number of aromatic nitrogens is 3. The van der Waals surface area contributed by atoms with Gasteiger partial charge in [0.1, 0.15) is 0 Å². The van der Waals surface area contributed by atoms with E-state index in [1.807, 2.05) is 17.7 Å². The van der Waals surface area contributed by atoms with Crippen molar-refractivity contribution in [3.05, 3.63) is 29.8 Å². The lowest BCUT2D eigenvalue weighted by molar-refractivity contribution is 0.681. The second kappa shape index (κ2) is 3.45. The topological polar surface area (TPSA) is 56.7 Å². The van der Waals surface area contributed by atoms with Crippen LogP contribution in [-0.2, 0) is 6.54 Å². The number of aryl methyl sites for hydroxylation is 2.